The average Bonchev–Trinajstić information content (AvgIpc) is 3.07. The predicted molar refractivity (Wildman–Crippen MR) is 102 cm³/mol. The van der Waals surface area contributed by atoms with Crippen molar-refractivity contribution in [3.05, 3.63) is 63.3 Å². The lowest BCUT2D eigenvalue weighted by Crippen LogP contribution is -2.24. The fourth-order valence-corrected chi connectivity index (χ4v) is 2.39. The summed E-state index contributed by atoms with van der Waals surface area (Å²) in [4.78, 5) is 26.9. The number of benzene rings is 1. The Hall–Kier alpha value is -3.82. The van der Waals surface area contributed by atoms with Crippen LogP contribution in [-0.4, -0.2) is 43.7 Å². The Morgan fingerprint density at radius 2 is 2.11 bits per heavy atom. The fourth-order valence-electron chi connectivity index (χ4n) is 2.39. The van der Waals surface area contributed by atoms with Crippen molar-refractivity contribution >= 4 is 12.1 Å². The van der Waals surface area contributed by atoms with Crippen molar-refractivity contribution in [1.82, 2.24) is 30.4 Å². The number of rotatable bonds is 6. The molecule has 2 heterocycles. The normalized spacial score (nSPS) is 11.0. The summed E-state index contributed by atoms with van der Waals surface area (Å²) in [5, 5.41) is 15.8. The van der Waals surface area contributed by atoms with Crippen molar-refractivity contribution in [3.8, 4) is 11.7 Å². The molecule has 0 unspecified atom stereocenters. The molecule has 1 aromatic carbocycles. The maximum absolute atomic E-state index is 12.5. The van der Waals surface area contributed by atoms with Crippen LogP contribution in [0.25, 0.3) is 5.95 Å². The van der Waals surface area contributed by atoms with Gasteiger partial charge in [-0.25, -0.2) is 5.43 Å². The van der Waals surface area contributed by atoms with E-state index in [1.165, 1.54) is 17.8 Å². The molecule has 3 rings (SSSR count). The van der Waals surface area contributed by atoms with Crippen molar-refractivity contribution in [2.45, 2.75) is 20.8 Å². The molecule has 0 spiro atoms. The Kier molecular flexibility index (Phi) is 5.58. The quantitative estimate of drug-likeness (QED) is 0.487. The Morgan fingerprint density at radius 1 is 1.32 bits per heavy atom. The summed E-state index contributed by atoms with van der Waals surface area (Å²) >= 11 is 0. The van der Waals surface area contributed by atoms with Gasteiger partial charge in [-0.05, 0) is 39.0 Å². The van der Waals surface area contributed by atoms with Crippen LogP contribution < -0.4 is 15.7 Å². The maximum Gasteiger partial charge on any atom is 0.290 e. The molecule has 10 heteroatoms. The van der Waals surface area contributed by atoms with Gasteiger partial charge in [0.05, 0.1) is 18.5 Å². The number of H-pyrrole nitrogens is 1. The minimum atomic E-state index is -0.519. The second-order valence-electron chi connectivity index (χ2n) is 5.82. The second kappa shape index (κ2) is 8.25. The van der Waals surface area contributed by atoms with E-state index < -0.39 is 11.5 Å². The molecule has 28 heavy (non-hydrogen) atoms. The lowest BCUT2D eigenvalue weighted by molar-refractivity contribution is 0.0947. The van der Waals surface area contributed by atoms with Gasteiger partial charge in [0.25, 0.3) is 17.4 Å². The number of aromatic nitrogens is 5. The van der Waals surface area contributed by atoms with Gasteiger partial charge in [-0.1, -0.05) is 12.1 Å². The molecule has 0 saturated heterocycles. The Morgan fingerprint density at radius 3 is 2.86 bits per heavy atom. The number of amides is 1. The van der Waals surface area contributed by atoms with E-state index in [9.17, 15) is 9.59 Å². The van der Waals surface area contributed by atoms with Gasteiger partial charge in [0, 0.05) is 5.56 Å². The minimum absolute atomic E-state index is 0.0412. The van der Waals surface area contributed by atoms with Gasteiger partial charge < -0.3 is 4.74 Å². The van der Waals surface area contributed by atoms with Crippen LogP contribution in [0.1, 0.15) is 34.4 Å². The van der Waals surface area contributed by atoms with Gasteiger partial charge >= 0.3 is 0 Å². The second-order valence-corrected chi connectivity index (χ2v) is 5.82. The van der Waals surface area contributed by atoms with Crippen molar-refractivity contribution in [2.24, 2.45) is 5.10 Å². The summed E-state index contributed by atoms with van der Waals surface area (Å²) in [6, 6.07) is 8.89. The SMILES string of the molecule is CCOc1ccccc1/C=N\NC(=O)c1cc(C)nn1-c1nnc(C)c(=O)[nH]1. The Bertz CT molecular complexity index is 1080. The minimum Gasteiger partial charge on any atom is -0.493 e. The lowest BCUT2D eigenvalue weighted by atomic mass is 10.2. The Balaban J connectivity index is 1.82. The third-order valence-corrected chi connectivity index (χ3v) is 3.70. The summed E-state index contributed by atoms with van der Waals surface area (Å²) in [6.07, 6.45) is 1.49. The number of hydrogen-bond acceptors (Lipinski definition) is 7. The smallest absolute Gasteiger partial charge is 0.290 e. The van der Waals surface area contributed by atoms with E-state index in [4.69, 9.17) is 4.74 Å². The highest BCUT2D eigenvalue weighted by Crippen LogP contribution is 2.15. The first kappa shape index (κ1) is 19.0. The Labute approximate surface area is 160 Å². The average molecular weight is 381 g/mol. The third kappa shape index (κ3) is 4.11. The number of carbonyl (C=O) groups excluding carboxylic acids is 1. The molecular formula is C18H19N7O3. The number of aryl methyl sites for hydroxylation is 2. The number of para-hydroxylation sites is 1. The summed E-state index contributed by atoms with van der Waals surface area (Å²) in [5.41, 5.74) is 3.70. The van der Waals surface area contributed by atoms with Crippen molar-refractivity contribution in [1.29, 1.82) is 0 Å². The molecule has 2 aromatic heterocycles. The number of aromatic amines is 1. The summed E-state index contributed by atoms with van der Waals surface area (Å²) in [6.45, 7) is 5.66. The van der Waals surface area contributed by atoms with Gasteiger partial charge in [0.15, 0.2) is 0 Å². The zero-order chi connectivity index (χ0) is 20.1. The summed E-state index contributed by atoms with van der Waals surface area (Å²) in [7, 11) is 0. The molecule has 0 aliphatic rings. The molecular weight excluding hydrogens is 362 g/mol. The molecule has 0 atom stereocenters. The first-order chi connectivity index (χ1) is 13.5. The molecule has 0 saturated carbocycles. The first-order valence-electron chi connectivity index (χ1n) is 8.55. The van der Waals surface area contributed by atoms with Crippen LogP contribution in [-0.2, 0) is 0 Å². The van der Waals surface area contributed by atoms with E-state index in [0.29, 0.717) is 18.1 Å². The van der Waals surface area contributed by atoms with E-state index in [1.54, 1.807) is 13.0 Å². The largest absolute Gasteiger partial charge is 0.493 e. The van der Waals surface area contributed by atoms with Crippen molar-refractivity contribution in [2.75, 3.05) is 6.61 Å². The highest BCUT2D eigenvalue weighted by molar-refractivity contribution is 5.94. The number of nitrogens with zero attached hydrogens (tertiary/aromatic N) is 5. The van der Waals surface area contributed by atoms with Crippen LogP contribution in [0.2, 0.25) is 0 Å². The molecule has 2 N–H and O–H groups in total. The van der Waals surface area contributed by atoms with Crippen molar-refractivity contribution < 1.29 is 9.53 Å². The number of hydrazone groups is 1. The van der Waals surface area contributed by atoms with Gasteiger partial charge in [-0.2, -0.15) is 14.9 Å². The number of carbonyl (C=O) groups is 1. The summed E-state index contributed by atoms with van der Waals surface area (Å²) in [5.74, 6) is 0.185. The van der Waals surface area contributed by atoms with Gasteiger partial charge in [-0.15, -0.1) is 10.2 Å². The van der Waals surface area contributed by atoms with Crippen molar-refractivity contribution in [3.63, 3.8) is 0 Å². The van der Waals surface area contributed by atoms with Gasteiger partial charge in [-0.3, -0.25) is 14.6 Å². The van der Waals surface area contributed by atoms with E-state index in [2.05, 4.69) is 30.8 Å². The zero-order valence-corrected chi connectivity index (χ0v) is 15.6. The summed E-state index contributed by atoms with van der Waals surface area (Å²) < 4.78 is 6.72. The monoisotopic (exact) mass is 381 g/mol. The zero-order valence-electron chi connectivity index (χ0n) is 15.6. The van der Waals surface area contributed by atoms with Crippen LogP contribution in [0.4, 0.5) is 0 Å². The van der Waals surface area contributed by atoms with E-state index >= 15 is 0 Å². The number of nitrogens with one attached hydrogen (secondary N) is 2. The van der Waals surface area contributed by atoms with E-state index in [0.717, 1.165) is 5.56 Å². The van der Waals surface area contributed by atoms with Crippen LogP contribution in [0, 0.1) is 13.8 Å². The molecule has 3 aromatic rings. The lowest BCUT2D eigenvalue weighted by Gasteiger charge is -2.06. The van der Waals surface area contributed by atoms with Crippen LogP contribution >= 0.6 is 0 Å². The molecule has 10 nitrogen and oxygen atoms in total. The first-order valence-corrected chi connectivity index (χ1v) is 8.55. The van der Waals surface area contributed by atoms with Crippen LogP contribution in [0.5, 0.6) is 5.75 Å². The molecule has 0 aliphatic heterocycles. The fraction of sp³-hybridized carbons (Fsp3) is 0.222. The van der Waals surface area contributed by atoms with Crippen LogP contribution in [0.3, 0.4) is 0 Å². The highest BCUT2D eigenvalue weighted by atomic mass is 16.5. The highest BCUT2D eigenvalue weighted by Gasteiger charge is 2.17. The molecule has 0 radical (unpaired) electrons. The molecule has 1 amide bonds. The van der Waals surface area contributed by atoms with Crippen LogP contribution in [0.15, 0.2) is 40.2 Å². The van der Waals surface area contributed by atoms with E-state index in [1.807, 2.05) is 31.2 Å². The third-order valence-electron chi connectivity index (χ3n) is 3.70. The standard InChI is InChI=1S/C18H19N7O3/c1-4-28-15-8-6-5-7-13(15)10-19-22-17(27)14-9-11(2)24-25(14)18-20-16(26)12(3)21-23-18/h5-10H,4H2,1-3H3,(H,22,27)(H,20,23,26)/b19-10-. The number of hydrogen-bond donors (Lipinski definition) is 2. The molecule has 0 bridgehead atoms. The molecule has 0 fully saturated rings. The van der Waals surface area contributed by atoms with Gasteiger partial charge in [0.1, 0.15) is 17.1 Å². The molecule has 0 aliphatic carbocycles. The number of ether oxygens (including phenoxy) is 1. The topological polar surface area (TPSA) is 127 Å². The maximum atomic E-state index is 12.5. The van der Waals surface area contributed by atoms with Gasteiger partial charge in [0.2, 0.25) is 0 Å². The predicted octanol–water partition coefficient (Wildman–Crippen LogP) is 1.13. The van der Waals surface area contributed by atoms with E-state index in [-0.39, 0.29) is 17.3 Å². The molecule has 144 valence electrons.